The second kappa shape index (κ2) is 9.52. The Morgan fingerprint density at radius 2 is 1.81 bits per heavy atom. The zero-order valence-corrected chi connectivity index (χ0v) is 16.5. The van der Waals surface area contributed by atoms with Gasteiger partial charge in [-0.1, -0.05) is 44.4 Å². The first kappa shape index (κ1) is 19.4. The Bertz CT molecular complexity index is 575. The van der Waals surface area contributed by atoms with Crippen LogP contribution in [-0.2, 0) is 11.3 Å². The van der Waals surface area contributed by atoms with Crippen molar-refractivity contribution in [3.05, 3.63) is 29.8 Å². The fraction of sp³-hybridized carbons (Fsp3) is 0.682. The molecule has 0 spiro atoms. The van der Waals surface area contributed by atoms with E-state index in [4.69, 9.17) is 0 Å². The lowest BCUT2D eigenvalue weighted by Gasteiger charge is -2.32. The van der Waals surface area contributed by atoms with Gasteiger partial charge in [-0.2, -0.15) is 0 Å². The van der Waals surface area contributed by atoms with E-state index in [1.165, 1.54) is 50.5 Å². The Labute approximate surface area is 158 Å². The Kier molecular flexibility index (Phi) is 7.09. The van der Waals surface area contributed by atoms with Gasteiger partial charge in [-0.15, -0.1) is 0 Å². The molecule has 1 heterocycles. The topological polar surface area (TPSA) is 35.6 Å². The largest absolute Gasteiger partial charge is 0.325 e. The van der Waals surface area contributed by atoms with Gasteiger partial charge >= 0.3 is 0 Å². The second-order valence-corrected chi connectivity index (χ2v) is 8.37. The van der Waals surface area contributed by atoms with Gasteiger partial charge in [0.2, 0.25) is 5.91 Å². The number of para-hydroxylation sites is 1. The summed E-state index contributed by atoms with van der Waals surface area (Å²) in [5.74, 6) is 0.915. The maximum absolute atomic E-state index is 12.5. The van der Waals surface area contributed by atoms with Gasteiger partial charge in [-0.25, -0.2) is 0 Å². The summed E-state index contributed by atoms with van der Waals surface area (Å²) in [4.78, 5) is 17.3. The van der Waals surface area contributed by atoms with E-state index in [1.807, 2.05) is 12.1 Å². The number of likely N-dealkylation sites (tertiary alicyclic amines) is 1. The molecular formula is C22H35N3O. The number of carbonyl (C=O) groups is 1. The zero-order chi connectivity index (χ0) is 18.4. The van der Waals surface area contributed by atoms with Gasteiger partial charge in [0.1, 0.15) is 0 Å². The van der Waals surface area contributed by atoms with Crippen molar-refractivity contribution >= 4 is 11.6 Å². The standard InChI is InChI=1S/C22H35N3O/c1-18-12-14-25(15-13-18)17-22(26)23-21-11-7-6-8-19(21)16-24(2)20-9-4-3-5-10-20/h6-8,11,18,20H,3-5,9-10,12-17H2,1-2H3,(H,23,26). The van der Waals surface area contributed by atoms with Crippen LogP contribution in [0.15, 0.2) is 24.3 Å². The van der Waals surface area contributed by atoms with E-state index in [2.05, 4.69) is 41.2 Å². The molecule has 0 radical (unpaired) electrons. The third-order valence-corrected chi connectivity index (χ3v) is 6.15. The fourth-order valence-electron chi connectivity index (χ4n) is 4.31. The molecule has 3 rings (SSSR count). The average Bonchev–Trinajstić information content (AvgIpc) is 2.66. The zero-order valence-electron chi connectivity index (χ0n) is 16.5. The number of carbonyl (C=O) groups excluding carboxylic acids is 1. The molecule has 1 aliphatic carbocycles. The second-order valence-electron chi connectivity index (χ2n) is 8.37. The Morgan fingerprint density at radius 3 is 2.54 bits per heavy atom. The molecule has 1 amide bonds. The number of rotatable bonds is 6. The lowest BCUT2D eigenvalue weighted by molar-refractivity contribution is -0.117. The molecular weight excluding hydrogens is 322 g/mol. The van der Waals surface area contributed by atoms with E-state index in [-0.39, 0.29) is 5.91 Å². The number of amides is 1. The van der Waals surface area contributed by atoms with Gasteiger partial charge in [-0.3, -0.25) is 14.6 Å². The predicted octanol–water partition coefficient (Wildman–Crippen LogP) is 4.12. The van der Waals surface area contributed by atoms with Crippen LogP contribution >= 0.6 is 0 Å². The maximum Gasteiger partial charge on any atom is 0.238 e. The molecule has 0 aromatic heterocycles. The number of nitrogens with one attached hydrogen (secondary N) is 1. The smallest absolute Gasteiger partial charge is 0.238 e. The number of anilines is 1. The van der Waals surface area contributed by atoms with Crippen molar-refractivity contribution in [2.24, 2.45) is 5.92 Å². The summed E-state index contributed by atoms with van der Waals surface area (Å²) in [5.41, 5.74) is 2.20. The summed E-state index contributed by atoms with van der Waals surface area (Å²) >= 11 is 0. The highest BCUT2D eigenvalue weighted by Gasteiger charge is 2.20. The summed E-state index contributed by atoms with van der Waals surface area (Å²) in [6, 6.07) is 8.97. The molecule has 26 heavy (non-hydrogen) atoms. The van der Waals surface area contributed by atoms with E-state index in [0.717, 1.165) is 31.2 Å². The third kappa shape index (κ3) is 5.55. The average molecular weight is 358 g/mol. The highest BCUT2D eigenvalue weighted by molar-refractivity contribution is 5.93. The van der Waals surface area contributed by atoms with Crippen LogP contribution in [0.3, 0.4) is 0 Å². The van der Waals surface area contributed by atoms with Crippen LogP contribution in [0, 0.1) is 5.92 Å². The molecule has 144 valence electrons. The molecule has 0 unspecified atom stereocenters. The van der Waals surface area contributed by atoms with Crippen LogP contribution in [0.2, 0.25) is 0 Å². The van der Waals surface area contributed by atoms with Crippen molar-refractivity contribution in [3.8, 4) is 0 Å². The van der Waals surface area contributed by atoms with Gasteiger partial charge in [-0.05, 0) is 63.4 Å². The first-order valence-corrected chi connectivity index (χ1v) is 10.4. The van der Waals surface area contributed by atoms with Gasteiger partial charge in [0.15, 0.2) is 0 Å². The molecule has 1 aromatic carbocycles. The van der Waals surface area contributed by atoms with Crippen LogP contribution in [0.4, 0.5) is 5.69 Å². The first-order chi connectivity index (χ1) is 12.6. The summed E-state index contributed by atoms with van der Waals surface area (Å²) < 4.78 is 0. The summed E-state index contributed by atoms with van der Waals surface area (Å²) in [6.07, 6.45) is 9.10. The quantitative estimate of drug-likeness (QED) is 0.832. The minimum absolute atomic E-state index is 0.118. The minimum atomic E-state index is 0.118. The molecule has 1 saturated carbocycles. The van der Waals surface area contributed by atoms with E-state index in [0.29, 0.717) is 12.6 Å². The van der Waals surface area contributed by atoms with E-state index < -0.39 is 0 Å². The number of benzene rings is 1. The molecule has 1 aromatic rings. The number of nitrogens with zero attached hydrogens (tertiary/aromatic N) is 2. The van der Waals surface area contributed by atoms with Crippen LogP contribution in [0.5, 0.6) is 0 Å². The van der Waals surface area contributed by atoms with Crippen LogP contribution in [0.25, 0.3) is 0 Å². The Hall–Kier alpha value is -1.39. The SMILES string of the molecule is CC1CCN(CC(=O)Nc2ccccc2CN(C)C2CCCCC2)CC1. The molecule has 2 aliphatic rings. The van der Waals surface area contributed by atoms with Crippen molar-refractivity contribution in [3.63, 3.8) is 0 Å². The lowest BCUT2D eigenvalue weighted by Crippen LogP contribution is -2.39. The third-order valence-electron chi connectivity index (χ3n) is 6.15. The lowest BCUT2D eigenvalue weighted by atomic mass is 9.94. The molecule has 1 N–H and O–H groups in total. The molecule has 4 nitrogen and oxygen atoms in total. The van der Waals surface area contributed by atoms with Crippen LogP contribution < -0.4 is 5.32 Å². The highest BCUT2D eigenvalue weighted by atomic mass is 16.2. The fourth-order valence-corrected chi connectivity index (χ4v) is 4.31. The molecule has 4 heteroatoms. The van der Waals surface area contributed by atoms with Gasteiger partial charge in [0, 0.05) is 18.3 Å². The van der Waals surface area contributed by atoms with Crippen molar-refractivity contribution < 1.29 is 4.79 Å². The van der Waals surface area contributed by atoms with Gasteiger partial charge < -0.3 is 5.32 Å². The van der Waals surface area contributed by atoms with Crippen LogP contribution in [-0.4, -0.2) is 48.4 Å². The number of hydrogen-bond donors (Lipinski definition) is 1. The summed E-state index contributed by atoms with van der Waals surface area (Å²) in [5, 5.41) is 3.17. The normalized spacial score (nSPS) is 20.4. The summed E-state index contributed by atoms with van der Waals surface area (Å²) in [7, 11) is 2.23. The maximum atomic E-state index is 12.5. The van der Waals surface area contributed by atoms with Gasteiger partial charge in [0.25, 0.3) is 0 Å². The number of piperidine rings is 1. The van der Waals surface area contributed by atoms with Crippen LogP contribution in [0.1, 0.15) is 57.4 Å². The van der Waals surface area contributed by atoms with E-state index in [9.17, 15) is 4.79 Å². The molecule has 0 bridgehead atoms. The van der Waals surface area contributed by atoms with Crippen molar-refractivity contribution in [1.29, 1.82) is 0 Å². The molecule has 1 aliphatic heterocycles. The van der Waals surface area contributed by atoms with Crippen molar-refractivity contribution in [2.75, 3.05) is 32.0 Å². The monoisotopic (exact) mass is 357 g/mol. The van der Waals surface area contributed by atoms with E-state index in [1.54, 1.807) is 0 Å². The van der Waals surface area contributed by atoms with Crippen molar-refractivity contribution in [1.82, 2.24) is 9.80 Å². The predicted molar refractivity (Wildman–Crippen MR) is 108 cm³/mol. The highest BCUT2D eigenvalue weighted by Crippen LogP contribution is 2.25. The molecule has 2 fully saturated rings. The minimum Gasteiger partial charge on any atom is -0.325 e. The number of hydrogen-bond acceptors (Lipinski definition) is 3. The van der Waals surface area contributed by atoms with Crippen molar-refractivity contribution in [2.45, 2.75) is 64.5 Å². The molecule has 0 atom stereocenters. The molecule has 1 saturated heterocycles. The van der Waals surface area contributed by atoms with E-state index >= 15 is 0 Å². The Balaban J connectivity index is 1.55. The first-order valence-electron chi connectivity index (χ1n) is 10.4. The summed E-state index contributed by atoms with van der Waals surface area (Å²) in [6.45, 7) is 5.81. The van der Waals surface area contributed by atoms with Gasteiger partial charge in [0.05, 0.1) is 6.54 Å². The Morgan fingerprint density at radius 1 is 1.12 bits per heavy atom.